The average molecular weight is 402 g/mol. The van der Waals surface area contributed by atoms with Gasteiger partial charge >= 0.3 is 0 Å². The minimum absolute atomic E-state index is 0.387. The molecule has 1 aromatic carbocycles. The highest BCUT2D eigenvalue weighted by Gasteiger charge is 2.20. The molecule has 150 valence electrons. The molecule has 5 nitrogen and oxygen atoms in total. The molecule has 0 atom stereocenters. The summed E-state index contributed by atoms with van der Waals surface area (Å²) < 4.78 is 5.91. The first-order valence-corrected chi connectivity index (χ1v) is 10.2. The summed E-state index contributed by atoms with van der Waals surface area (Å²) in [5.41, 5.74) is 7.75. The Labute approximate surface area is 171 Å². The van der Waals surface area contributed by atoms with Crippen molar-refractivity contribution in [2.24, 2.45) is 11.7 Å². The van der Waals surface area contributed by atoms with E-state index in [-0.39, 0.29) is 5.91 Å². The first-order valence-electron chi connectivity index (χ1n) is 9.84. The number of anilines is 1. The average Bonchev–Trinajstić information content (AvgIpc) is 2.65. The quantitative estimate of drug-likeness (QED) is 0.692. The Bertz CT molecular complexity index is 792. The SMILES string of the molecule is Cc1cc(OCCCC2CCN(c3ccc(Cl)cn3)CC2)cc(C)c1C(N)=O. The number of carbonyl (C=O) groups is 1. The molecule has 1 amide bonds. The molecule has 3 rings (SSSR count). The van der Waals surface area contributed by atoms with E-state index in [4.69, 9.17) is 22.1 Å². The minimum atomic E-state index is -0.387. The standard InChI is InChI=1S/C22H28ClN3O2/c1-15-12-19(13-16(2)21(15)22(24)27)28-11-3-4-17-7-9-26(10-8-17)20-6-5-18(23)14-25-20/h5-6,12-14,17H,3-4,7-11H2,1-2H3,(H2,24,27). The molecule has 2 heterocycles. The number of nitrogens with zero attached hydrogens (tertiary/aromatic N) is 2. The monoisotopic (exact) mass is 401 g/mol. The number of nitrogens with two attached hydrogens (primary N) is 1. The van der Waals surface area contributed by atoms with Crippen LogP contribution in [0.4, 0.5) is 5.82 Å². The van der Waals surface area contributed by atoms with Crippen molar-refractivity contribution in [1.82, 2.24) is 4.98 Å². The molecule has 1 aliphatic heterocycles. The van der Waals surface area contributed by atoms with E-state index in [0.29, 0.717) is 17.2 Å². The fourth-order valence-electron chi connectivity index (χ4n) is 3.96. The van der Waals surface area contributed by atoms with Crippen molar-refractivity contribution in [2.45, 2.75) is 39.5 Å². The van der Waals surface area contributed by atoms with Gasteiger partial charge in [-0.3, -0.25) is 4.79 Å². The lowest BCUT2D eigenvalue weighted by molar-refractivity contribution is 0.0999. The predicted molar refractivity (Wildman–Crippen MR) is 113 cm³/mol. The van der Waals surface area contributed by atoms with Gasteiger partial charge in [-0.25, -0.2) is 4.98 Å². The second kappa shape index (κ2) is 9.28. The zero-order valence-corrected chi connectivity index (χ0v) is 17.3. The van der Waals surface area contributed by atoms with Crippen LogP contribution in [0.2, 0.25) is 5.02 Å². The summed E-state index contributed by atoms with van der Waals surface area (Å²) in [6.07, 6.45) is 6.25. The van der Waals surface area contributed by atoms with Crippen LogP contribution in [0.3, 0.4) is 0 Å². The fourth-order valence-corrected chi connectivity index (χ4v) is 4.08. The maximum Gasteiger partial charge on any atom is 0.249 e. The molecule has 2 N–H and O–H groups in total. The van der Waals surface area contributed by atoms with Crippen LogP contribution in [0.5, 0.6) is 5.75 Å². The van der Waals surface area contributed by atoms with Crippen LogP contribution in [0, 0.1) is 19.8 Å². The number of pyridine rings is 1. The third kappa shape index (κ3) is 5.16. The summed E-state index contributed by atoms with van der Waals surface area (Å²) in [5.74, 6) is 2.16. The molecule has 1 saturated heterocycles. The molecule has 6 heteroatoms. The van der Waals surface area contributed by atoms with Crippen LogP contribution in [-0.2, 0) is 0 Å². The van der Waals surface area contributed by atoms with Crippen LogP contribution in [0.25, 0.3) is 0 Å². The van der Waals surface area contributed by atoms with Crippen LogP contribution in [0.1, 0.15) is 47.2 Å². The van der Waals surface area contributed by atoms with Crippen molar-refractivity contribution in [2.75, 3.05) is 24.6 Å². The molecule has 0 unspecified atom stereocenters. The van der Waals surface area contributed by atoms with Crippen LogP contribution < -0.4 is 15.4 Å². The van der Waals surface area contributed by atoms with Crippen molar-refractivity contribution in [3.63, 3.8) is 0 Å². The number of piperidine rings is 1. The van der Waals surface area contributed by atoms with E-state index in [2.05, 4.69) is 9.88 Å². The summed E-state index contributed by atoms with van der Waals surface area (Å²) in [7, 11) is 0. The Hall–Kier alpha value is -2.27. The van der Waals surface area contributed by atoms with Gasteiger partial charge < -0.3 is 15.4 Å². The second-order valence-corrected chi connectivity index (χ2v) is 7.99. The number of halogens is 1. The number of rotatable bonds is 7. The lowest BCUT2D eigenvalue weighted by atomic mass is 9.92. The number of carbonyl (C=O) groups excluding carboxylic acids is 1. The van der Waals surface area contributed by atoms with E-state index >= 15 is 0 Å². The van der Waals surface area contributed by atoms with Crippen molar-refractivity contribution < 1.29 is 9.53 Å². The summed E-state index contributed by atoms with van der Waals surface area (Å²) in [5, 5.41) is 0.674. The molecule has 1 aromatic heterocycles. The van der Waals surface area contributed by atoms with Gasteiger partial charge in [0.25, 0.3) is 0 Å². The highest BCUT2D eigenvalue weighted by Crippen LogP contribution is 2.26. The summed E-state index contributed by atoms with van der Waals surface area (Å²) >= 11 is 5.91. The van der Waals surface area contributed by atoms with Gasteiger partial charge in [0.05, 0.1) is 11.6 Å². The van der Waals surface area contributed by atoms with Gasteiger partial charge in [-0.05, 0) is 80.8 Å². The van der Waals surface area contributed by atoms with Gasteiger partial charge in [0.2, 0.25) is 5.91 Å². The maximum absolute atomic E-state index is 11.5. The number of aryl methyl sites for hydroxylation is 2. The lowest BCUT2D eigenvalue weighted by Crippen LogP contribution is -2.34. The van der Waals surface area contributed by atoms with Crippen LogP contribution in [0.15, 0.2) is 30.5 Å². The lowest BCUT2D eigenvalue weighted by Gasteiger charge is -2.32. The Balaban J connectivity index is 1.41. The number of benzene rings is 1. The Morgan fingerprint density at radius 2 is 1.93 bits per heavy atom. The minimum Gasteiger partial charge on any atom is -0.494 e. The molecule has 0 aliphatic carbocycles. The summed E-state index contributed by atoms with van der Waals surface area (Å²) in [4.78, 5) is 18.2. The summed E-state index contributed by atoms with van der Waals surface area (Å²) in [6.45, 7) is 6.54. The molecule has 0 bridgehead atoms. The topological polar surface area (TPSA) is 68.4 Å². The number of hydrogen-bond donors (Lipinski definition) is 1. The normalized spacial score (nSPS) is 14.9. The Morgan fingerprint density at radius 1 is 1.25 bits per heavy atom. The van der Waals surface area contributed by atoms with E-state index in [1.54, 1.807) is 6.20 Å². The third-order valence-electron chi connectivity index (χ3n) is 5.43. The smallest absolute Gasteiger partial charge is 0.249 e. The van der Waals surface area contributed by atoms with Crippen molar-refractivity contribution in [1.29, 1.82) is 0 Å². The number of aromatic nitrogens is 1. The van der Waals surface area contributed by atoms with Crippen LogP contribution in [-0.4, -0.2) is 30.6 Å². The molecule has 28 heavy (non-hydrogen) atoms. The van der Waals surface area contributed by atoms with Crippen molar-refractivity contribution in [3.05, 3.63) is 52.2 Å². The molecular weight excluding hydrogens is 374 g/mol. The highest BCUT2D eigenvalue weighted by molar-refractivity contribution is 6.30. The Kier molecular flexibility index (Phi) is 6.79. The first kappa shape index (κ1) is 20.5. The maximum atomic E-state index is 11.5. The molecule has 0 spiro atoms. The summed E-state index contributed by atoms with van der Waals surface area (Å²) in [6, 6.07) is 7.67. The van der Waals surface area contributed by atoms with Crippen molar-refractivity contribution in [3.8, 4) is 5.75 Å². The van der Waals surface area contributed by atoms with E-state index in [0.717, 1.165) is 48.1 Å². The van der Waals surface area contributed by atoms with Gasteiger partial charge in [-0.2, -0.15) is 0 Å². The van der Waals surface area contributed by atoms with Gasteiger partial charge in [-0.15, -0.1) is 0 Å². The van der Waals surface area contributed by atoms with E-state index < -0.39 is 0 Å². The van der Waals surface area contributed by atoms with Crippen LogP contribution >= 0.6 is 11.6 Å². The van der Waals surface area contributed by atoms with E-state index in [1.165, 1.54) is 19.3 Å². The largest absolute Gasteiger partial charge is 0.494 e. The van der Waals surface area contributed by atoms with Gasteiger partial charge in [0, 0.05) is 24.8 Å². The van der Waals surface area contributed by atoms with Crippen molar-refractivity contribution >= 4 is 23.3 Å². The van der Waals surface area contributed by atoms with E-state index in [9.17, 15) is 4.79 Å². The molecule has 1 fully saturated rings. The molecule has 2 aromatic rings. The number of hydrogen-bond acceptors (Lipinski definition) is 4. The Morgan fingerprint density at radius 3 is 2.50 bits per heavy atom. The molecule has 1 aliphatic rings. The zero-order valence-electron chi connectivity index (χ0n) is 16.6. The number of primary amides is 1. The molecule has 0 saturated carbocycles. The molecule has 0 radical (unpaired) electrons. The van der Waals surface area contributed by atoms with Gasteiger partial charge in [-0.1, -0.05) is 11.6 Å². The predicted octanol–water partition coefficient (Wildman–Crippen LogP) is 4.53. The second-order valence-electron chi connectivity index (χ2n) is 7.55. The number of ether oxygens (including phenoxy) is 1. The zero-order chi connectivity index (χ0) is 20.1. The highest BCUT2D eigenvalue weighted by atomic mass is 35.5. The van der Waals surface area contributed by atoms with E-state index in [1.807, 2.05) is 38.1 Å². The first-order chi connectivity index (χ1) is 13.4. The van der Waals surface area contributed by atoms with Gasteiger partial charge in [0.15, 0.2) is 0 Å². The fraction of sp³-hybridized carbons (Fsp3) is 0.455. The molecular formula is C22H28ClN3O2. The van der Waals surface area contributed by atoms with Gasteiger partial charge in [0.1, 0.15) is 11.6 Å². The third-order valence-corrected chi connectivity index (χ3v) is 5.65. The number of amides is 1.